The monoisotopic (exact) mass is 362 g/mol. The summed E-state index contributed by atoms with van der Waals surface area (Å²) in [5, 5.41) is 15.1. The van der Waals surface area contributed by atoms with Gasteiger partial charge < -0.3 is 16.2 Å². The van der Waals surface area contributed by atoms with Crippen molar-refractivity contribution in [2.45, 2.75) is 31.2 Å². The molecule has 0 fully saturated rings. The van der Waals surface area contributed by atoms with Crippen LogP contribution in [0.5, 0.6) is 0 Å². The van der Waals surface area contributed by atoms with E-state index in [-0.39, 0.29) is 12.1 Å². The summed E-state index contributed by atoms with van der Waals surface area (Å²) in [7, 11) is 0. The fourth-order valence-electron chi connectivity index (χ4n) is 3.08. The molecule has 1 unspecified atom stereocenters. The van der Waals surface area contributed by atoms with Gasteiger partial charge in [0.1, 0.15) is 0 Å². The zero-order chi connectivity index (χ0) is 19.1. The van der Waals surface area contributed by atoms with E-state index >= 15 is 0 Å². The van der Waals surface area contributed by atoms with Gasteiger partial charge in [-0.3, -0.25) is 5.84 Å². The first-order valence-electron chi connectivity index (χ1n) is 9.10. The van der Waals surface area contributed by atoms with E-state index in [1.165, 1.54) is 0 Å². The van der Waals surface area contributed by atoms with Gasteiger partial charge in [0.2, 0.25) is 0 Å². The second-order valence-corrected chi connectivity index (χ2v) is 6.84. The van der Waals surface area contributed by atoms with Crippen LogP contribution >= 0.6 is 0 Å². The maximum Gasteiger partial charge on any atom is 0.0835 e. The van der Waals surface area contributed by atoms with Gasteiger partial charge in [0.15, 0.2) is 0 Å². The molecule has 1 aliphatic heterocycles. The van der Waals surface area contributed by atoms with E-state index in [1.807, 2.05) is 54.6 Å². The molecule has 0 aromatic heterocycles. The van der Waals surface area contributed by atoms with Crippen LogP contribution in [0.3, 0.4) is 0 Å². The molecule has 5 heteroatoms. The Balaban J connectivity index is 1.49. The van der Waals surface area contributed by atoms with Crippen molar-refractivity contribution in [1.82, 2.24) is 10.3 Å². The van der Waals surface area contributed by atoms with Crippen molar-refractivity contribution < 1.29 is 5.11 Å². The summed E-state index contributed by atoms with van der Waals surface area (Å²) >= 11 is 0. The highest BCUT2D eigenvalue weighted by molar-refractivity contribution is 5.32. The second-order valence-electron chi connectivity index (χ2n) is 6.84. The fraction of sp³-hybridized carbons (Fsp3) is 0.273. The maximum absolute atomic E-state index is 10.4. The molecular weight excluding hydrogens is 336 g/mol. The van der Waals surface area contributed by atoms with Crippen molar-refractivity contribution in [3.63, 3.8) is 0 Å². The molecule has 0 spiro atoms. The Morgan fingerprint density at radius 3 is 2.48 bits per heavy atom. The van der Waals surface area contributed by atoms with E-state index in [0.29, 0.717) is 19.5 Å². The third-order valence-corrected chi connectivity index (χ3v) is 4.63. The number of nitrogens with zero attached hydrogens (tertiary/aromatic N) is 1. The van der Waals surface area contributed by atoms with Crippen LogP contribution in [0.25, 0.3) is 0 Å². The summed E-state index contributed by atoms with van der Waals surface area (Å²) in [6, 6.07) is 20.8. The van der Waals surface area contributed by atoms with Gasteiger partial charge in [-0.15, -0.1) is 0 Å². The third-order valence-electron chi connectivity index (χ3n) is 4.63. The molecule has 27 heavy (non-hydrogen) atoms. The molecule has 2 aromatic rings. The minimum atomic E-state index is -0.690. The zero-order valence-electron chi connectivity index (χ0n) is 15.3. The Bertz CT molecular complexity index is 808. The van der Waals surface area contributed by atoms with E-state index in [1.54, 1.807) is 5.01 Å². The first-order chi connectivity index (χ1) is 13.1. The highest BCUT2D eigenvalue weighted by Gasteiger charge is 2.18. The Morgan fingerprint density at radius 2 is 1.81 bits per heavy atom. The van der Waals surface area contributed by atoms with Crippen LogP contribution in [0.2, 0.25) is 0 Å². The Hall–Kier alpha value is -2.62. The van der Waals surface area contributed by atoms with Crippen LogP contribution in [0.4, 0.5) is 0 Å². The number of allylic oxidation sites excluding steroid dienone is 1. The van der Waals surface area contributed by atoms with E-state index in [9.17, 15) is 5.11 Å². The Morgan fingerprint density at radius 1 is 1.07 bits per heavy atom. The zero-order valence-corrected chi connectivity index (χ0v) is 15.3. The molecule has 0 saturated carbocycles. The van der Waals surface area contributed by atoms with Crippen molar-refractivity contribution in [3.8, 4) is 12.0 Å². The molecule has 0 bridgehead atoms. The second kappa shape index (κ2) is 9.36. The van der Waals surface area contributed by atoms with Crippen molar-refractivity contribution in [1.29, 1.82) is 0 Å². The van der Waals surface area contributed by atoms with Gasteiger partial charge >= 0.3 is 0 Å². The molecule has 6 N–H and O–H groups in total. The predicted molar refractivity (Wildman–Crippen MR) is 108 cm³/mol. The molecule has 140 valence electrons. The lowest BCUT2D eigenvalue weighted by Crippen LogP contribution is -2.46. The smallest absolute Gasteiger partial charge is 0.0835 e. The molecule has 2 aromatic carbocycles. The molecule has 0 amide bonds. The number of benzene rings is 2. The van der Waals surface area contributed by atoms with Crippen LogP contribution in [-0.4, -0.2) is 28.8 Å². The minimum absolute atomic E-state index is 0.118. The van der Waals surface area contributed by atoms with E-state index in [0.717, 1.165) is 16.7 Å². The lowest BCUT2D eigenvalue weighted by molar-refractivity contribution is 0.0877. The molecule has 0 aliphatic carbocycles. The molecule has 0 saturated heterocycles. The molecule has 1 aliphatic rings. The number of hydrogen-bond donors (Lipinski definition) is 4. The van der Waals surface area contributed by atoms with Gasteiger partial charge in [-0.2, -0.15) is 0 Å². The quantitative estimate of drug-likeness (QED) is 0.324. The number of aliphatic hydroxyl groups excluding tert-OH is 1. The van der Waals surface area contributed by atoms with Crippen molar-refractivity contribution in [2.24, 2.45) is 11.6 Å². The van der Waals surface area contributed by atoms with Gasteiger partial charge in [0, 0.05) is 25.2 Å². The summed E-state index contributed by atoms with van der Waals surface area (Å²) in [6.07, 6.45) is 3.82. The van der Waals surface area contributed by atoms with Gasteiger partial charge in [-0.1, -0.05) is 60.5 Å². The molecule has 1 heterocycles. The van der Waals surface area contributed by atoms with Crippen LogP contribution in [0, 0.1) is 12.0 Å². The molecule has 3 atom stereocenters. The minimum Gasteiger partial charge on any atom is -0.390 e. The molecular formula is C22H26N4O. The normalized spacial score (nSPS) is 17.7. The van der Waals surface area contributed by atoms with Crippen LogP contribution < -0.4 is 16.9 Å². The van der Waals surface area contributed by atoms with Gasteiger partial charge in [-0.05, 0) is 35.3 Å². The average Bonchev–Trinajstić information content (AvgIpc) is 2.70. The van der Waals surface area contributed by atoms with Crippen LogP contribution in [-0.2, 0) is 13.0 Å². The third kappa shape index (κ3) is 5.68. The SMILES string of the molecule is N[C@@H](Cc1ccccc1)[C@@H](O)CN(N)Cc1ccc(C2C=CC#CN2)cc1. The summed E-state index contributed by atoms with van der Waals surface area (Å²) in [4.78, 5) is 0. The number of hydrazine groups is 1. The summed E-state index contributed by atoms with van der Waals surface area (Å²) in [5.74, 6) is 8.96. The van der Waals surface area contributed by atoms with Crippen molar-refractivity contribution in [3.05, 3.63) is 83.4 Å². The molecule has 3 rings (SSSR count). The Labute approximate surface area is 160 Å². The molecule has 5 nitrogen and oxygen atoms in total. The molecule has 0 radical (unpaired) electrons. The largest absolute Gasteiger partial charge is 0.390 e. The summed E-state index contributed by atoms with van der Waals surface area (Å²) in [6.45, 7) is 0.862. The topological polar surface area (TPSA) is 87.5 Å². The number of rotatable bonds is 8. The highest BCUT2D eigenvalue weighted by Crippen LogP contribution is 2.17. The van der Waals surface area contributed by atoms with Gasteiger partial charge in [0.25, 0.3) is 0 Å². The van der Waals surface area contributed by atoms with Crippen LogP contribution in [0.15, 0.2) is 66.7 Å². The predicted octanol–water partition coefficient (Wildman–Crippen LogP) is 1.45. The fourth-order valence-corrected chi connectivity index (χ4v) is 3.08. The van der Waals surface area contributed by atoms with E-state index in [2.05, 4.69) is 29.4 Å². The first kappa shape index (κ1) is 19.2. The lowest BCUT2D eigenvalue weighted by atomic mass is 10.0. The van der Waals surface area contributed by atoms with E-state index < -0.39 is 6.10 Å². The first-order valence-corrected chi connectivity index (χ1v) is 9.10. The number of aliphatic hydroxyl groups is 1. The number of nitrogens with one attached hydrogen (secondary N) is 1. The van der Waals surface area contributed by atoms with E-state index in [4.69, 9.17) is 11.6 Å². The summed E-state index contributed by atoms with van der Waals surface area (Å²) < 4.78 is 0. The standard InChI is InChI=1S/C22H26N4O/c23-20(14-17-6-2-1-3-7-17)22(27)16-26(24)15-18-9-11-19(12-10-18)21-8-4-5-13-25-21/h1-4,6-12,20-22,25,27H,14-16,23-24H2/t20-,21?,22-/m0/s1. The average molecular weight is 362 g/mol. The lowest BCUT2D eigenvalue weighted by Gasteiger charge is -2.24. The summed E-state index contributed by atoms with van der Waals surface area (Å²) in [5.41, 5.74) is 9.48. The highest BCUT2D eigenvalue weighted by atomic mass is 16.3. The van der Waals surface area contributed by atoms with Crippen molar-refractivity contribution in [2.75, 3.05) is 6.54 Å². The Kier molecular flexibility index (Phi) is 6.64. The number of nitrogens with two attached hydrogens (primary N) is 2. The van der Waals surface area contributed by atoms with Crippen molar-refractivity contribution >= 4 is 0 Å². The van der Waals surface area contributed by atoms with Crippen LogP contribution in [0.1, 0.15) is 22.7 Å². The van der Waals surface area contributed by atoms with Gasteiger partial charge in [0.05, 0.1) is 12.1 Å². The maximum atomic E-state index is 10.4. The number of hydrogen-bond acceptors (Lipinski definition) is 5. The van der Waals surface area contributed by atoms with Gasteiger partial charge in [-0.25, -0.2) is 5.01 Å².